The number of nitrogens with zero attached hydrogens (tertiary/aromatic N) is 1. The first-order valence-corrected chi connectivity index (χ1v) is 4.86. The van der Waals surface area contributed by atoms with Gasteiger partial charge in [-0.1, -0.05) is 19.1 Å². The SMILES string of the molecule is CCc1ccc(OCC(=O)CC#N)cc1. The molecule has 0 amide bonds. The zero-order valence-corrected chi connectivity index (χ0v) is 8.69. The van der Waals surface area contributed by atoms with Gasteiger partial charge in [-0.15, -0.1) is 0 Å². The van der Waals surface area contributed by atoms with Crippen LogP contribution in [-0.4, -0.2) is 12.4 Å². The molecule has 0 aliphatic carbocycles. The first-order chi connectivity index (χ1) is 7.26. The summed E-state index contributed by atoms with van der Waals surface area (Å²) in [6, 6.07) is 9.38. The number of ether oxygens (including phenoxy) is 1. The number of carbonyl (C=O) groups is 1. The van der Waals surface area contributed by atoms with E-state index in [1.165, 1.54) is 5.56 Å². The molecule has 3 nitrogen and oxygen atoms in total. The van der Waals surface area contributed by atoms with Crippen LogP contribution in [0.5, 0.6) is 5.75 Å². The molecule has 0 saturated heterocycles. The Balaban J connectivity index is 2.45. The second kappa shape index (κ2) is 5.82. The number of rotatable bonds is 5. The van der Waals surface area contributed by atoms with Gasteiger partial charge in [0.25, 0.3) is 0 Å². The van der Waals surface area contributed by atoms with E-state index in [0.717, 1.165) is 6.42 Å². The molecular formula is C12H13NO2. The molecule has 0 N–H and O–H groups in total. The Morgan fingerprint density at radius 1 is 1.40 bits per heavy atom. The summed E-state index contributed by atoms with van der Waals surface area (Å²) in [6.45, 7) is 2.05. The number of hydrogen-bond donors (Lipinski definition) is 0. The Bertz CT molecular complexity index is 362. The molecule has 0 aliphatic heterocycles. The maximum atomic E-state index is 11.0. The Kier molecular flexibility index (Phi) is 4.36. The second-order valence-electron chi connectivity index (χ2n) is 3.16. The molecule has 1 aromatic carbocycles. The summed E-state index contributed by atoms with van der Waals surface area (Å²) >= 11 is 0. The van der Waals surface area contributed by atoms with Gasteiger partial charge in [-0.3, -0.25) is 4.79 Å². The van der Waals surface area contributed by atoms with Crippen molar-refractivity contribution in [3.8, 4) is 11.8 Å². The van der Waals surface area contributed by atoms with Crippen molar-refractivity contribution in [1.29, 1.82) is 5.26 Å². The molecule has 15 heavy (non-hydrogen) atoms. The van der Waals surface area contributed by atoms with Crippen LogP contribution in [0.3, 0.4) is 0 Å². The first kappa shape index (κ1) is 11.3. The van der Waals surface area contributed by atoms with Crippen LogP contribution in [0.15, 0.2) is 24.3 Å². The van der Waals surface area contributed by atoms with Crippen molar-refractivity contribution in [2.75, 3.05) is 6.61 Å². The Labute approximate surface area is 89.3 Å². The molecule has 1 aromatic rings. The Morgan fingerprint density at radius 2 is 2.07 bits per heavy atom. The lowest BCUT2D eigenvalue weighted by molar-refractivity contribution is -0.120. The van der Waals surface area contributed by atoms with Gasteiger partial charge in [0.1, 0.15) is 12.4 Å². The average molecular weight is 203 g/mol. The number of Topliss-reactive ketones (excluding diaryl/α,β-unsaturated/α-hetero) is 1. The van der Waals surface area contributed by atoms with Gasteiger partial charge in [0.15, 0.2) is 5.78 Å². The van der Waals surface area contributed by atoms with Crippen molar-refractivity contribution >= 4 is 5.78 Å². The fraction of sp³-hybridized carbons (Fsp3) is 0.333. The van der Waals surface area contributed by atoms with Crippen molar-refractivity contribution in [3.63, 3.8) is 0 Å². The monoisotopic (exact) mass is 203 g/mol. The Morgan fingerprint density at radius 3 is 2.60 bits per heavy atom. The van der Waals surface area contributed by atoms with E-state index in [2.05, 4.69) is 6.92 Å². The van der Waals surface area contributed by atoms with Crippen LogP contribution in [0.25, 0.3) is 0 Å². The highest BCUT2D eigenvalue weighted by Gasteiger charge is 2.01. The molecule has 1 rings (SSSR count). The lowest BCUT2D eigenvalue weighted by Crippen LogP contribution is -2.09. The summed E-state index contributed by atoms with van der Waals surface area (Å²) < 4.78 is 5.22. The predicted molar refractivity (Wildman–Crippen MR) is 56.6 cm³/mol. The molecule has 0 saturated carbocycles. The van der Waals surface area contributed by atoms with Crippen molar-refractivity contribution in [1.82, 2.24) is 0 Å². The Hall–Kier alpha value is -1.82. The summed E-state index contributed by atoms with van der Waals surface area (Å²) in [6.07, 6.45) is 0.890. The molecule has 0 fully saturated rings. The van der Waals surface area contributed by atoms with E-state index < -0.39 is 0 Å². The van der Waals surface area contributed by atoms with Crippen LogP contribution in [0.2, 0.25) is 0 Å². The fourth-order valence-electron chi connectivity index (χ4n) is 1.12. The highest BCUT2D eigenvalue weighted by molar-refractivity contribution is 5.81. The number of carbonyl (C=O) groups excluding carboxylic acids is 1. The second-order valence-corrected chi connectivity index (χ2v) is 3.16. The van der Waals surface area contributed by atoms with E-state index in [9.17, 15) is 4.79 Å². The van der Waals surface area contributed by atoms with Crippen LogP contribution in [0, 0.1) is 11.3 Å². The largest absolute Gasteiger partial charge is 0.486 e. The molecule has 0 atom stereocenters. The molecule has 3 heteroatoms. The molecule has 0 bridgehead atoms. The number of hydrogen-bond acceptors (Lipinski definition) is 3. The molecule has 0 aromatic heterocycles. The lowest BCUT2D eigenvalue weighted by Gasteiger charge is -2.04. The van der Waals surface area contributed by atoms with E-state index >= 15 is 0 Å². The smallest absolute Gasteiger partial charge is 0.184 e. The topological polar surface area (TPSA) is 50.1 Å². The van der Waals surface area contributed by atoms with Gasteiger partial charge in [0, 0.05) is 0 Å². The highest BCUT2D eigenvalue weighted by atomic mass is 16.5. The van der Waals surface area contributed by atoms with Gasteiger partial charge in [-0.25, -0.2) is 0 Å². The number of aryl methyl sites for hydroxylation is 1. The van der Waals surface area contributed by atoms with E-state index in [1.54, 1.807) is 6.07 Å². The van der Waals surface area contributed by atoms with Gasteiger partial charge >= 0.3 is 0 Å². The van der Waals surface area contributed by atoms with Crippen molar-refractivity contribution in [3.05, 3.63) is 29.8 Å². The minimum Gasteiger partial charge on any atom is -0.486 e. The summed E-state index contributed by atoms with van der Waals surface area (Å²) in [4.78, 5) is 11.0. The van der Waals surface area contributed by atoms with Gasteiger partial charge in [0.2, 0.25) is 0 Å². The zero-order valence-electron chi connectivity index (χ0n) is 8.69. The molecule has 0 aliphatic rings. The maximum Gasteiger partial charge on any atom is 0.184 e. The van der Waals surface area contributed by atoms with Crippen molar-refractivity contribution < 1.29 is 9.53 Å². The third kappa shape index (κ3) is 3.82. The van der Waals surface area contributed by atoms with Crippen molar-refractivity contribution in [2.45, 2.75) is 19.8 Å². The molecule has 0 unspecified atom stereocenters. The van der Waals surface area contributed by atoms with Crippen LogP contribution in [0.1, 0.15) is 18.9 Å². The summed E-state index contributed by atoms with van der Waals surface area (Å²) in [5.74, 6) is 0.468. The molecule has 0 radical (unpaired) electrons. The van der Waals surface area contributed by atoms with Crippen LogP contribution in [-0.2, 0) is 11.2 Å². The van der Waals surface area contributed by atoms with E-state index in [0.29, 0.717) is 5.75 Å². The summed E-state index contributed by atoms with van der Waals surface area (Å²) in [7, 11) is 0. The van der Waals surface area contributed by atoms with E-state index in [-0.39, 0.29) is 18.8 Å². The van der Waals surface area contributed by atoms with E-state index in [4.69, 9.17) is 10.00 Å². The molecule has 0 heterocycles. The molecule has 0 spiro atoms. The minimum absolute atomic E-state index is 0.0287. The maximum absolute atomic E-state index is 11.0. The standard InChI is InChI=1S/C12H13NO2/c1-2-10-3-5-12(6-4-10)15-9-11(14)7-8-13/h3-6H,2,7,9H2,1H3. The van der Waals surface area contributed by atoms with Gasteiger partial charge in [-0.05, 0) is 24.1 Å². The van der Waals surface area contributed by atoms with Gasteiger partial charge in [-0.2, -0.15) is 5.26 Å². The molecule has 78 valence electrons. The first-order valence-electron chi connectivity index (χ1n) is 4.86. The van der Waals surface area contributed by atoms with Crippen LogP contribution < -0.4 is 4.74 Å². The van der Waals surface area contributed by atoms with Crippen LogP contribution >= 0.6 is 0 Å². The van der Waals surface area contributed by atoms with Crippen molar-refractivity contribution in [2.24, 2.45) is 0 Å². The summed E-state index contributed by atoms with van der Waals surface area (Å²) in [5, 5.41) is 8.28. The average Bonchev–Trinajstić information content (AvgIpc) is 2.27. The lowest BCUT2D eigenvalue weighted by atomic mass is 10.2. The normalized spacial score (nSPS) is 9.33. The van der Waals surface area contributed by atoms with Gasteiger partial charge in [0.05, 0.1) is 12.5 Å². The predicted octanol–water partition coefficient (Wildman–Crippen LogP) is 2.11. The number of ketones is 1. The quantitative estimate of drug-likeness (QED) is 0.736. The number of nitriles is 1. The highest BCUT2D eigenvalue weighted by Crippen LogP contribution is 2.12. The number of benzene rings is 1. The fourth-order valence-corrected chi connectivity index (χ4v) is 1.12. The third-order valence-corrected chi connectivity index (χ3v) is 2.01. The third-order valence-electron chi connectivity index (χ3n) is 2.01. The summed E-state index contributed by atoms with van der Waals surface area (Å²) in [5.41, 5.74) is 1.23. The minimum atomic E-state index is -0.197. The molecular weight excluding hydrogens is 190 g/mol. The zero-order chi connectivity index (χ0) is 11.1. The van der Waals surface area contributed by atoms with Gasteiger partial charge < -0.3 is 4.74 Å². The van der Waals surface area contributed by atoms with Crippen LogP contribution in [0.4, 0.5) is 0 Å². The van der Waals surface area contributed by atoms with E-state index in [1.807, 2.05) is 24.3 Å².